The molecular formula is C31H35NO3. The maximum Gasteiger partial charge on any atom is 0.119 e. The number of aryl methyl sites for hydroxylation is 1. The summed E-state index contributed by atoms with van der Waals surface area (Å²) in [5.41, 5.74) is 5.27. The Bertz CT molecular complexity index is 1120. The first kappa shape index (κ1) is 22.6. The van der Waals surface area contributed by atoms with Crippen LogP contribution in [0.3, 0.4) is 0 Å². The SMILES string of the molecule is Oc1ccc2c(c1)CC[C@H](c1ccccc1)[C@@H]2c1ccc(O[C@H]2C[C@H](OC3CCNCC3)C2)cc1. The number of aromatic hydroxyl groups is 1. The van der Waals surface area contributed by atoms with Gasteiger partial charge in [-0.25, -0.2) is 0 Å². The minimum absolute atomic E-state index is 0.253. The van der Waals surface area contributed by atoms with Crippen LogP contribution in [0.4, 0.5) is 0 Å². The van der Waals surface area contributed by atoms with Gasteiger partial charge in [-0.15, -0.1) is 0 Å². The van der Waals surface area contributed by atoms with E-state index in [-0.39, 0.29) is 12.0 Å². The topological polar surface area (TPSA) is 50.7 Å². The molecule has 3 aromatic carbocycles. The smallest absolute Gasteiger partial charge is 0.119 e. The highest BCUT2D eigenvalue weighted by Crippen LogP contribution is 2.47. The number of rotatable bonds is 6. The molecule has 4 heteroatoms. The zero-order chi connectivity index (χ0) is 23.6. The number of hydrogen-bond donors (Lipinski definition) is 2. The molecule has 0 unspecified atom stereocenters. The molecule has 0 spiro atoms. The zero-order valence-electron chi connectivity index (χ0n) is 20.2. The third-order valence-electron chi connectivity index (χ3n) is 8.08. The lowest BCUT2D eigenvalue weighted by Crippen LogP contribution is -2.43. The van der Waals surface area contributed by atoms with Gasteiger partial charge in [-0.1, -0.05) is 48.5 Å². The third kappa shape index (κ3) is 4.96. The summed E-state index contributed by atoms with van der Waals surface area (Å²) in [6.45, 7) is 2.14. The Balaban J connectivity index is 1.15. The van der Waals surface area contributed by atoms with Crippen LogP contribution in [0.1, 0.15) is 66.2 Å². The maximum absolute atomic E-state index is 10.1. The van der Waals surface area contributed by atoms with Gasteiger partial charge in [0, 0.05) is 18.8 Å². The van der Waals surface area contributed by atoms with Gasteiger partial charge < -0.3 is 19.9 Å². The van der Waals surface area contributed by atoms with E-state index in [2.05, 4.69) is 66.0 Å². The van der Waals surface area contributed by atoms with Gasteiger partial charge in [0.15, 0.2) is 0 Å². The second-order valence-corrected chi connectivity index (χ2v) is 10.4. The van der Waals surface area contributed by atoms with E-state index in [4.69, 9.17) is 9.47 Å². The fourth-order valence-corrected chi connectivity index (χ4v) is 6.15. The minimum Gasteiger partial charge on any atom is -0.508 e. The molecule has 4 nitrogen and oxygen atoms in total. The van der Waals surface area contributed by atoms with Crippen molar-refractivity contribution in [2.75, 3.05) is 13.1 Å². The van der Waals surface area contributed by atoms with Crippen LogP contribution < -0.4 is 10.1 Å². The molecule has 35 heavy (non-hydrogen) atoms. The minimum atomic E-state index is 0.253. The van der Waals surface area contributed by atoms with Crippen LogP contribution in [0.5, 0.6) is 11.5 Å². The van der Waals surface area contributed by atoms with E-state index in [9.17, 15) is 5.11 Å². The number of nitrogens with one attached hydrogen (secondary N) is 1. The lowest BCUT2D eigenvalue weighted by Gasteiger charge is -2.38. The standard InChI is InChI=1S/C31H35NO3/c33-24-9-13-30-23(18-24)8-12-29(21-4-2-1-3-5-21)31(30)22-6-10-25(11-7-22)34-27-19-28(20-27)35-26-14-16-32-17-15-26/h1-7,9-11,13,18,26-29,31-33H,8,12,14-17,19-20H2/t27-,28-,29-,31+/m1/s1. The fourth-order valence-electron chi connectivity index (χ4n) is 6.15. The molecular weight excluding hydrogens is 434 g/mol. The quantitative estimate of drug-likeness (QED) is 0.470. The molecule has 6 rings (SSSR count). The summed E-state index contributed by atoms with van der Waals surface area (Å²) < 4.78 is 12.5. The molecule has 182 valence electrons. The highest BCUT2D eigenvalue weighted by molar-refractivity contribution is 5.48. The normalized spacial score (nSPS) is 26.5. The first-order valence-corrected chi connectivity index (χ1v) is 13.2. The monoisotopic (exact) mass is 469 g/mol. The molecule has 2 fully saturated rings. The Morgan fingerprint density at radius 2 is 1.51 bits per heavy atom. The van der Waals surface area contributed by atoms with E-state index in [1.165, 1.54) is 22.3 Å². The van der Waals surface area contributed by atoms with Crippen molar-refractivity contribution in [1.29, 1.82) is 0 Å². The second-order valence-electron chi connectivity index (χ2n) is 10.4. The maximum atomic E-state index is 10.1. The van der Waals surface area contributed by atoms with E-state index in [0.29, 0.717) is 23.9 Å². The largest absolute Gasteiger partial charge is 0.508 e. The summed E-state index contributed by atoms with van der Waals surface area (Å²) in [5.74, 6) is 1.98. The summed E-state index contributed by atoms with van der Waals surface area (Å²) in [6.07, 6.45) is 7.30. The summed E-state index contributed by atoms with van der Waals surface area (Å²) in [4.78, 5) is 0. The van der Waals surface area contributed by atoms with E-state index < -0.39 is 0 Å². The number of piperidine rings is 1. The van der Waals surface area contributed by atoms with Gasteiger partial charge in [-0.2, -0.15) is 0 Å². The highest BCUT2D eigenvalue weighted by Gasteiger charge is 2.35. The van der Waals surface area contributed by atoms with Crippen molar-refractivity contribution in [2.45, 2.75) is 68.7 Å². The molecule has 0 amide bonds. The Kier molecular flexibility index (Phi) is 6.49. The van der Waals surface area contributed by atoms with Crippen LogP contribution >= 0.6 is 0 Å². The average molecular weight is 470 g/mol. The molecule has 1 saturated heterocycles. The van der Waals surface area contributed by atoms with Crippen molar-refractivity contribution in [3.63, 3.8) is 0 Å². The molecule has 0 aromatic heterocycles. The van der Waals surface area contributed by atoms with E-state index in [1.54, 1.807) is 0 Å². The molecule has 1 saturated carbocycles. The third-order valence-corrected chi connectivity index (χ3v) is 8.08. The van der Waals surface area contributed by atoms with Crippen LogP contribution in [0.15, 0.2) is 72.8 Å². The molecule has 3 aromatic rings. The van der Waals surface area contributed by atoms with Gasteiger partial charge in [0.05, 0.1) is 12.2 Å². The molecule has 0 bridgehead atoms. The van der Waals surface area contributed by atoms with Gasteiger partial charge in [0.1, 0.15) is 17.6 Å². The van der Waals surface area contributed by atoms with E-state index >= 15 is 0 Å². The molecule has 1 heterocycles. The van der Waals surface area contributed by atoms with Gasteiger partial charge in [-0.3, -0.25) is 0 Å². The molecule has 2 atom stereocenters. The predicted molar refractivity (Wildman–Crippen MR) is 138 cm³/mol. The zero-order valence-corrected chi connectivity index (χ0v) is 20.2. The summed E-state index contributed by atoms with van der Waals surface area (Å²) in [6, 6.07) is 25.5. The van der Waals surface area contributed by atoms with Crippen molar-refractivity contribution < 1.29 is 14.6 Å². The van der Waals surface area contributed by atoms with Gasteiger partial charge in [-0.05, 0) is 91.2 Å². The lowest BCUT2D eigenvalue weighted by molar-refractivity contribution is -0.103. The fraction of sp³-hybridized carbons (Fsp3) is 0.419. The number of ether oxygens (including phenoxy) is 2. The van der Waals surface area contributed by atoms with Gasteiger partial charge in [0.25, 0.3) is 0 Å². The number of benzene rings is 3. The summed E-state index contributed by atoms with van der Waals surface area (Å²) in [5, 5.41) is 13.5. The Labute approximate surface area is 208 Å². The highest BCUT2D eigenvalue weighted by atomic mass is 16.5. The molecule has 2 N–H and O–H groups in total. The Morgan fingerprint density at radius 3 is 2.29 bits per heavy atom. The summed E-state index contributed by atoms with van der Waals surface area (Å²) >= 11 is 0. The van der Waals surface area contributed by atoms with E-state index in [1.807, 2.05) is 12.1 Å². The number of hydrogen-bond acceptors (Lipinski definition) is 4. The Morgan fingerprint density at radius 1 is 0.743 bits per heavy atom. The van der Waals surface area contributed by atoms with Crippen LogP contribution in [0.2, 0.25) is 0 Å². The average Bonchev–Trinajstić information content (AvgIpc) is 2.88. The van der Waals surface area contributed by atoms with Crippen molar-refractivity contribution in [3.8, 4) is 11.5 Å². The number of phenols is 1. The first-order chi connectivity index (χ1) is 17.2. The molecule has 1 aliphatic heterocycles. The second kappa shape index (κ2) is 10.0. The van der Waals surface area contributed by atoms with Crippen LogP contribution in [-0.4, -0.2) is 36.5 Å². The summed E-state index contributed by atoms with van der Waals surface area (Å²) in [7, 11) is 0. The van der Waals surface area contributed by atoms with Gasteiger partial charge in [0.2, 0.25) is 0 Å². The number of phenolic OH excluding ortho intramolecular Hbond substituents is 1. The molecule has 3 aliphatic rings. The van der Waals surface area contributed by atoms with Crippen molar-refractivity contribution >= 4 is 0 Å². The molecule has 2 aliphatic carbocycles. The van der Waals surface area contributed by atoms with Gasteiger partial charge >= 0.3 is 0 Å². The first-order valence-electron chi connectivity index (χ1n) is 13.2. The Hall–Kier alpha value is -2.82. The van der Waals surface area contributed by atoms with E-state index in [0.717, 1.165) is 57.4 Å². The van der Waals surface area contributed by atoms with Crippen LogP contribution in [-0.2, 0) is 11.2 Å². The van der Waals surface area contributed by atoms with Crippen molar-refractivity contribution in [3.05, 3.63) is 95.1 Å². The lowest BCUT2D eigenvalue weighted by atomic mass is 9.69. The number of fused-ring (bicyclic) bond motifs is 1. The van der Waals surface area contributed by atoms with Crippen molar-refractivity contribution in [1.82, 2.24) is 5.32 Å². The van der Waals surface area contributed by atoms with Crippen LogP contribution in [0.25, 0.3) is 0 Å². The molecule has 0 radical (unpaired) electrons. The predicted octanol–water partition coefficient (Wildman–Crippen LogP) is 5.93. The van der Waals surface area contributed by atoms with Crippen molar-refractivity contribution in [2.24, 2.45) is 0 Å². The van der Waals surface area contributed by atoms with Crippen LogP contribution in [0, 0.1) is 0 Å².